The lowest BCUT2D eigenvalue weighted by Gasteiger charge is -2.25. The zero-order valence-electron chi connectivity index (χ0n) is 12.2. The highest BCUT2D eigenvalue weighted by Gasteiger charge is 2.29. The van der Waals surface area contributed by atoms with Crippen LogP contribution in [0.1, 0.15) is 0 Å². The van der Waals surface area contributed by atoms with Gasteiger partial charge in [0, 0.05) is 34.6 Å². The Morgan fingerprint density at radius 1 is 1.41 bits per heavy atom. The zero-order chi connectivity index (χ0) is 16.0. The van der Waals surface area contributed by atoms with Gasteiger partial charge in [0.15, 0.2) is 0 Å². The fraction of sp³-hybridized carbons (Fsp3) is 0.500. The number of aliphatic hydroxyl groups is 1. The Kier molecular flexibility index (Phi) is 6.55. The van der Waals surface area contributed by atoms with Gasteiger partial charge >= 0.3 is 6.03 Å². The van der Waals surface area contributed by atoms with Crippen LogP contribution in [0, 0.1) is 0 Å². The molecule has 1 fully saturated rings. The minimum absolute atomic E-state index is 0.210. The normalized spacial score (nSPS) is 17.4. The van der Waals surface area contributed by atoms with Crippen LogP contribution in [0.5, 0.6) is 5.75 Å². The molecule has 0 saturated carbocycles. The van der Waals surface area contributed by atoms with Gasteiger partial charge in [-0.1, -0.05) is 11.6 Å². The number of benzene rings is 1. The minimum Gasteiger partial charge on any atom is -0.495 e. The van der Waals surface area contributed by atoms with E-state index in [0.29, 0.717) is 28.0 Å². The lowest BCUT2D eigenvalue weighted by Crippen LogP contribution is -2.47. The largest absolute Gasteiger partial charge is 0.495 e. The SMILES string of the molecule is COc1ccc(Cl)cc1NC(=O)NCC1(O)CSCCSC1. The summed E-state index contributed by atoms with van der Waals surface area (Å²) >= 11 is 9.34. The van der Waals surface area contributed by atoms with Crippen molar-refractivity contribution < 1.29 is 14.6 Å². The van der Waals surface area contributed by atoms with Crippen molar-refractivity contribution in [2.24, 2.45) is 0 Å². The second-order valence-corrected chi connectivity index (χ2v) is 7.63. The molecular weight excluding hydrogens is 344 g/mol. The molecule has 0 bridgehead atoms. The monoisotopic (exact) mass is 362 g/mol. The fourth-order valence-electron chi connectivity index (χ4n) is 1.98. The second-order valence-electron chi connectivity index (χ2n) is 4.98. The first-order valence-corrected chi connectivity index (χ1v) is 9.47. The summed E-state index contributed by atoms with van der Waals surface area (Å²) < 4.78 is 5.17. The summed E-state index contributed by atoms with van der Waals surface area (Å²) in [6.45, 7) is 0.210. The molecule has 1 aromatic carbocycles. The zero-order valence-corrected chi connectivity index (χ0v) is 14.6. The standard InChI is InChI=1S/C14H19ClN2O3S2/c1-20-12-3-2-10(15)6-11(12)17-13(18)16-7-14(19)8-21-4-5-22-9-14/h2-3,6,19H,4-5,7-9H2,1H3,(H2,16,17,18). The Morgan fingerprint density at radius 2 is 2.09 bits per heavy atom. The summed E-state index contributed by atoms with van der Waals surface area (Å²) in [5, 5.41) is 16.4. The number of hydrogen-bond donors (Lipinski definition) is 3. The molecule has 0 aromatic heterocycles. The molecule has 3 N–H and O–H groups in total. The molecule has 1 aliphatic rings. The van der Waals surface area contributed by atoms with Crippen molar-refractivity contribution in [2.45, 2.75) is 5.60 Å². The molecule has 0 atom stereocenters. The third-order valence-corrected chi connectivity index (χ3v) is 6.06. The first-order chi connectivity index (χ1) is 10.5. The maximum absolute atomic E-state index is 12.0. The molecular formula is C14H19ClN2O3S2. The van der Waals surface area contributed by atoms with Crippen molar-refractivity contribution >= 4 is 46.8 Å². The highest BCUT2D eigenvalue weighted by atomic mass is 35.5. The van der Waals surface area contributed by atoms with Crippen molar-refractivity contribution in [1.82, 2.24) is 5.32 Å². The van der Waals surface area contributed by atoms with E-state index in [1.54, 1.807) is 41.7 Å². The number of hydrogen-bond acceptors (Lipinski definition) is 5. The Balaban J connectivity index is 1.91. The lowest BCUT2D eigenvalue weighted by molar-refractivity contribution is 0.0928. The highest BCUT2D eigenvalue weighted by Crippen LogP contribution is 2.28. The van der Waals surface area contributed by atoms with Crippen molar-refractivity contribution in [3.63, 3.8) is 0 Å². The topological polar surface area (TPSA) is 70.6 Å². The first kappa shape index (κ1) is 17.6. The van der Waals surface area contributed by atoms with Gasteiger partial charge in [-0.05, 0) is 18.2 Å². The van der Waals surface area contributed by atoms with Crippen LogP contribution in [-0.2, 0) is 0 Å². The molecule has 0 spiro atoms. The number of nitrogens with one attached hydrogen (secondary N) is 2. The Morgan fingerprint density at radius 3 is 2.73 bits per heavy atom. The van der Waals surface area contributed by atoms with Gasteiger partial charge in [-0.3, -0.25) is 0 Å². The van der Waals surface area contributed by atoms with Crippen molar-refractivity contribution in [1.29, 1.82) is 0 Å². The van der Waals surface area contributed by atoms with Gasteiger partial charge in [-0.2, -0.15) is 23.5 Å². The maximum atomic E-state index is 12.0. The molecule has 1 aliphatic heterocycles. The minimum atomic E-state index is -0.873. The summed E-state index contributed by atoms with van der Waals surface area (Å²) in [6, 6.07) is 4.59. The molecule has 1 saturated heterocycles. The van der Waals surface area contributed by atoms with Crippen LogP contribution in [0.25, 0.3) is 0 Å². The number of ether oxygens (including phenoxy) is 1. The number of anilines is 1. The van der Waals surface area contributed by atoms with E-state index >= 15 is 0 Å². The Hall–Kier alpha value is -0.760. The van der Waals surface area contributed by atoms with E-state index in [2.05, 4.69) is 10.6 Å². The quantitative estimate of drug-likeness (QED) is 0.768. The van der Waals surface area contributed by atoms with Crippen molar-refractivity contribution in [3.8, 4) is 5.75 Å². The molecule has 2 amide bonds. The molecule has 122 valence electrons. The van der Waals surface area contributed by atoms with Crippen LogP contribution in [-0.4, -0.2) is 53.4 Å². The van der Waals surface area contributed by atoms with E-state index in [4.69, 9.17) is 16.3 Å². The van der Waals surface area contributed by atoms with Gasteiger partial charge in [-0.25, -0.2) is 4.79 Å². The molecule has 0 aliphatic carbocycles. The van der Waals surface area contributed by atoms with Crippen LogP contribution in [0.3, 0.4) is 0 Å². The summed E-state index contributed by atoms with van der Waals surface area (Å²) in [4.78, 5) is 12.0. The molecule has 2 rings (SSSR count). The molecule has 5 nitrogen and oxygen atoms in total. The first-order valence-electron chi connectivity index (χ1n) is 6.79. The van der Waals surface area contributed by atoms with Gasteiger partial charge in [0.05, 0.1) is 18.4 Å². The van der Waals surface area contributed by atoms with Crippen LogP contribution in [0.2, 0.25) is 5.02 Å². The second kappa shape index (κ2) is 8.19. The third-order valence-electron chi connectivity index (χ3n) is 3.10. The Bertz CT molecular complexity index is 523. The van der Waals surface area contributed by atoms with Gasteiger partial charge in [0.25, 0.3) is 0 Å². The fourth-order valence-corrected chi connectivity index (χ4v) is 4.68. The predicted molar refractivity (Wildman–Crippen MR) is 94.6 cm³/mol. The number of thioether (sulfide) groups is 2. The predicted octanol–water partition coefficient (Wildman–Crippen LogP) is 2.68. The average molecular weight is 363 g/mol. The summed E-state index contributed by atoms with van der Waals surface area (Å²) in [5.74, 6) is 3.83. The van der Waals surface area contributed by atoms with E-state index < -0.39 is 11.6 Å². The smallest absolute Gasteiger partial charge is 0.319 e. The van der Waals surface area contributed by atoms with Crippen LogP contribution in [0.4, 0.5) is 10.5 Å². The summed E-state index contributed by atoms with van der Waals surface area (Å²) in [6.07, 6.45) is 0. The summed E-state index contributed by atoms with van der Waals surface area (Å²) in [7, 11) is 1.52. The number of carbonyl (C=O) groups excluding carboxylic acids is 1. The van der Waals surface area contributed by atoms with E-state index in [-0.39, 0.29) is 6.54 Å². The molecule has 1 heterocycles. The van der Waals surface area contributed by atoms with E-state index in [0.717, 1.165) is 11.5 Å². The molecule has 1 aromatic rings. The van der Waals surface area contributed by atoms with Crippen LogP contribution >= 0.6 is 35.1 Å². The highest BCUT2D eigenvalue weighted by molar-refractivity contribution is 8.03. The van der Waals surface area contributed by atoms with E-state index in [1.165, 1.54) is 7.11 Å². The number of rotatable bonds is 4. The number of carbonyl (C=O) groups is 1. The maximum Gasteiger partial charge on any atom is 0.319 e. The number of urea groups is 1. The van der Waals surface area contributed by atoms with Gasteiger partial charge in [0.1, 0.15) is 5.75 Å². The number of amides is 2. The van der Waals surface area contributed by atoms with Crippen molar-refractivity contribution in [3.05, 3.63) is 23.2 Å². The van der Waals surface area contributed by atoms with Crippen LogP contribution in [0.15, 0.2) is 18.2 Å². The lowest BCUT2D eigenvalue weighted by atomic mass is 10.1. The third kappa shape index (κ3) is 5.15. The molecule has 0 unspecified atom stereocenters. The summed E-state index contributed by atoms with van der Waals surface area (Å²) in [5.41, 5.74) is -0.384. The average Bonchev–Trinajstić information content (AvgIpc) is 2.71. The van der Waals surface area contributed by atoms with E-state index in [9.17, 15) is 9.90 Å². The van der Waals surface area contributed by atoms with Crippen LogP contribution < -0.4 is 15.4 Å². The number of halogens is 1. The Labute approximate surface area is 143 Å². The molecule has 8 heteroatoms. The van der Waals surface area contributed by atoms with Crippen molar-refractivity contribution in [2.75, 3.05) is 42.0 Å². The molecule has 0 radical (unpaired) electrons. The van der Waals surface area contributed by atoms with Gasteiger partial charge in [0.2, 0.25) is 0 Å². The van der Waals surface area contributed by atoms with E-state index in [1.807, 2.05) is 0 Å². The van der Waals surface area contributed by atoms with Gasteiger partial charge < -0.3 is 20.5 Å². The molecule has 22 heavy (non-hydrogen) atoms. The van der Waals surface area contributed by atoms with Gasteiger partial charge in [-0.15, -0.1) is 0 Å². The number of methoxy groups -OCH3 is 1.